The lowest BCUT2D eigenvalue weighted by Gasteiger charge is -2.07. The van der Waals surface area contributed by atoms with Crippen LogP contribution in [0.25, 0.3) is 10.8 Å². The van der Waals surface area contributed by atoms with Crippen molar-refractivity contribution in [2.45, 2.75) is 12.8 Å². The van der Waals surface area contributed by atoms with Gasteiger partial charge >= 0.3 is 0 Å². The van der Waals surface area contributed by atoms with Crippen molar-refractivity contribution < 1.29 is 22.3 Å². The molecule has 0 heterocycles. The number of hydrogen-bond donors (Lipinski definition) is 0. The third-order valence-corrected chi connectivity index (χ3v) is 5.33. The van der Waals surface area contributed by atoms with E-state index in [-0.39, 0.29) is 10.9 Å². The fourth-order valence-corrected chi connectivity index (χ4v) is 3.56. The lowest BCUT2D eigenvalue weighted by Crippen LogP contribution is -1.98. The van der Waals surface area contributed by atoms with E-state index in [1.165, 1.54) is 30.3 Å². The molecule has 0 N–H and O–H groups in total. The highest BCUT2D eigenvalue weighted by atomic mass is 19.2. The van der Waals surface area contributed by atoms with Crippen molar-refractivity contribution in [2.75, 3.05) is 6.61 Å². The summed E-state index contributed by atoms with van der Waals surface area (Å²) in [6, 6.07) is 17.0. The number of hydrogen-bond acceptors (Lipinski definition) is 1. The quantitative estimate of drug-likeness (QED) is 0.169. The molecule has 4 aromatic carbocycles. The van der Waals surface area contributed by atoms with Crippen LogP contribution in [0.3, 0.4) is 0 Å². The van der Waals surface area contributed by atoms with Crippen molar-refractivity contribution in [3.05, 3.63) is 125 Å². The fraction of sp³-hybridized carbons (Fsp3) is 0.103. The summed E-state index contributed by atoms with van der Waals surface area (Å²) in [7, 11) is 0. The molecule has 0 spiro atoms. The van der Waals surface area contributed by atoms with Crippen LogP contribution in [0, 0.1) is 35.1 Å². The van der Waals surface area contributed by atoms with E-state index in [9.17, 15) is 17.6 Å². The molecule has 170 valence electrons. The highest BCUT2D eigenvalue weighted by Crippen LogP contribution is 2.22. The van der Waals surface area contributed by atoms with Crippen LogP contribution in [-0.2, 0) is 12.8 Å². The van der Waals surface area contributed by atoms with Gasteiger partial charge in [-0.15, -0.1) is 0 Å². The summed E-state index contributed by atoms with van der Waals surface area (Å²) in [5.41, 5.74) is 1.64. The largest absolute Gasteiger partial charge is 0.490 e. The Bertz CT molecular complexity index is 1390. The van der Waals surface area contributed by atoms with Gasteiger partial charge in [0.15, 0.2) is 11.6 Å². The number of aryl methyl sites for hydroxylation is 2. The Kier molecular flexibility index (Phi) is 6.98. The van der Waals surface area contributed by atoms with E-state index in [0.717, 1.165) is 17.4 Å². The number of rotatable bonds is 6. The van der Waals surface area contributed by atoms with Crippen molar-refractivity contribution in [3.63, 3.8) is 0 Å². The minimum absolute atomic E-state index is 0.117. The second kappa shape index (κ2) is 10.3. The molecule has 4 aromatic rings. The molecule has 0 aromatic heterocycles. The minimum atomic E-state index is -0.943. The molecule has 0 aliphatic carbocycles. The first-order valence-electron chi connectivity index (χ1n) is 10.6. The molecule has 4 rings (SSSR count). The molecule has 0 fully saturated rings. The highest BCUT2D eigenvalue weighted by Gasteiger charge is 2.10. The van der Waals surface area contributed by atoms with Gasteiger partial charge in [0, 0.05) is 10.9 Å². The van der Waals surface area contributed by atoms with E-state index < -0.39 is 23.3 Å². The first-order valence-corrected chi connectivity index (χ1v) is 10.6. The average molecular weight is 460 g/mol. The zero-order valence-corrected chi connectivity index (χ0v) is 18.2. The van der Waals surface area contributed by atoms with Gasteiger partial charge < -0.3 is 4.74 Å². The molecule has 0 unspecified atom stereocenters. The molecule has 0 aliphatic rings. The first-order chi connectivity index (χ1) is 16.4. The Morgan fingerprint density at radius 2 is 1.44 bits per heavy atom. The summed E-state index contributed by atoms with van der Waals surface area (Å²) in [6.45, 7) is 4.02. The van der Waals surface area contributed by atoms with E-state index in [4.69, 9.17) is 4.74 Å². The maximum Gasteiger partial charge on any atom is 0.166 e. The lowest BCUT2D eigenvalue weighted by atomic mass is 10.0. The van der Waals surface area contributed by atoms with Gasteiger partial charge in [-0.2, -0.15) is 0 Å². The average Bonchev–Trinajstić information content (AvgIpc) is 2.84. The van der Waals surface area contributed by atoms with Gasteiger partial charge in [0.1, 0.15) is 24.0 Å². The minimum Gasteiger partial charge on any atom is -0.490 e. The van der Waals surface area contributed by atoms with Gasteiger partial charge in [-0.3, -0.25) is 0 Å². The van der Waals surface area contributed by atoms with Gasteiger partial charge in [0.25, 0.3) is 0 Å². The van der Waals surface area contributed by atoms with Crippen LogP contribution >= 0.6 is 0 Å². The summed E-state index contributed by atoms with van der Waals surface area (Å²) in [5, 5.41) is 0.563. The zero-order valence-electron chi connectivity index (χ0n) is 18.2. The molecule has 0 saturated heterocycles. The summed E-state index contributed by atoms with van der Waals surface area (Å²) in [4.78, 5) is 0. The van der Waals surface area contributed by atoms with Crippen molar-refractivity contribution in [1.82, 2.24) is 0 Å². The van der Waals surface area contributed by atoms with Crippen LogP contribution in [0.4, 0.5) is 17.6 Å². The third-order valence-electron chi connectivity index (χ3n) is 5.33. The van der Waals surface area contributed by atoms with E-state index in [1.807, 2.05) is 24.3 Å². The van der Waals surface area contributed by atoms with Crippen LogP contribution < -0.4 is 4.74 Å². The predicted molar refractivity (Wildman–Crippen MR) is 126 cm³/mol. The second-order valence-corrected chi connectivity index (χ2v) is 7.73. The fourth-order valence-electron chi connectivity index (χ4n) is 3.56. The van der Waals surface area contributed by atoms with Gasteiger partial charge in [-0.1, -0.05) is 48.8 Å². The van der Waals surface area contributed by atoms with Crippen molar-refractivity contribution in [3.8, 4) is 17.6 Å². The van der Waals surface area contributed by atoms with E-state index in [1.54, 1.807) is 12.1 Å². The maximum atomic E-state index is 14.6. The van der Waals surface area contributed by atoms with Crippen molar-refractivity contribution in [2.24, 2.45) is 0 Å². The molecule has 0 aliphatic heterocycles. The molecule has 5 heteroatoms. The first kappa shape index (κ1) is 23.1. The smallest absolute Gasteiger partial charge is 0.166 e. The number of halogens is 4. The Balaban J connectivity index is 1.48. The van der Waals surface area contributed by atoms with Gasteiger partial charge in [0.05, 0.1) is 5.56 Å². The standard InChI is InChI=1S/C29H20F4O/c1-2-15-34-23-10-5-19(6-11-23)3-4-21-17-27(31)25(28(32)18-21)13-8-20-7-12-24-22(16-20)9-14-26(30)29(24)33/h2,5-7,9-12,14,16-18H,1,3-4,15H2. The van der Waals surface area contributed by atoms with Crippen molar-refractivity contribution in [1.29, 1.82) is 0 Å². The van der Waals surface area contributed by atoms with Crippen LogP contribution in [0.2, 0.25) is 0 Å². The van der Waals surface area contributed by atoms with Crippen LogP contribution in [0.15, 0.2) is 79.4 Å². The normalized spacial score (nSPS) is 10.6. The van der Waals surface area contributed by atoms with Gasteiger partial charge in [-0.25, -0.2) is 17.6 Å². The third kappa shape index (κ3) is 5.29. The van der Waals surface area contributed by atoms with Gasteiger partial charge in [0.2, 0.25) is 0 Å². The maximum absolute atomic E-state index is 14.6. The number of ether oxygens (including phenoxy) is 1. The molecule has 0 amide bonds. The summed E-state index contributed by atoms with van der Waals surface area (Å²) < 4.78 is 61.8. The second-order valence-electron chi connectivity index (χ2n) is 7.73. The summed E-state index contributed by atoms with van der Waals surface area (Å²) in [5.74, 6) is 2.58. The SMILES string of the molecule is C=CCOc1ccc(CCc2cc(F)c(C#Cc3ccc4c(F)c(F)ccc4c3)c(F)c2)cc1. The lowest BCUT2D eigenvalue weighted by molar-refractivity contribution is 0.363. The zero-order chi connectivity index (χ0) is 24.1. The molecule has 0 bridgehead atoms. The topological polar surface area (TPSA) is 9.23 Å². The van der Waals surface area contributed by atoms with Crippen molar-refractivity contribution >= 4 is 10.8 Å². The molecule has 0 atom stereocenters. The number of benzene rings is 4. The van der Waals surface area contributed by atoms with E-state index in [0.29, 0.717) is 36.0 Å². The molecule has 0 radical (unpaired) electrons. The molecule has 34 heavy (non-hydrogen) atoms. The Hall–Kier alpha value is -4.04. The van der Waals surface area contributed by atoms with E-state index >= 15 is 0 Å². The van der Waals surface area contributed by atoms with Gasteiger partial charge in [-0.05, 0) is 71.8 Å². The number of fused-ring (bicyclic) bond motifs is 1. The Morgan fingerprint density at radius 3 is 2.15 bits per heavy atom. The highest BCUT2D eigenvalue weighted by molar-refractivity contribution is 5.84. The summed E-state index contributed by atoms with van der Waals surface area (Å²) in [6.07, 6.45) is 2.73. The predicted octanol–water partition coefficient (Wildman–Crippen LogP) is 7.15. The van der Waals surface area contributed by atoms with E-state index in [2.05, 4.69) is 18.4 Å². The molecule has 1 nitrogen and oxygen atoms in total. The van der Waals surface area contributed by atoms with Crippen LogP contribution in [0.5, 0.6) is 5.75 Å². The van der Waals surface area contributed by atoms with Crippen LogP contribution in [-0.4, -0.2) is 6.61 Å². The summed E-state index contributed by atoms with van der Waals surface area (Å²) >= 11 is 0. The molecule has 0 saturated carbocycles. The Morgan fingerprint density at radius 1 is 0.735 bits per heavy atom. The molecular formula is C29H20F4O. The molecular weight excluding hydrogens is 440 g/mol. The monoisotopic (exact) mass is 460 g/mol. The Labute approximate surface area is 195 Å². The van der Waals surface area contributed by atoms with Crippen LogP contribution in [0.1, 0.15) is 22.3 Å².